The Bertz CT molecular complexity index is 420. The summed E-state index contributed by atoms with van der Waals surface area (Å²) in [4.78, 5) is 3.18. The summed E-state index contributed by atoms with van der Waals surface area (Å²) in [5.41, 5.74) is 2.95. The first-order valence-corrected chi connectivity index (χ1v) is 4.64. The summed E-state index contributed by atoms with van der Waals surface area (Å²) in [7, 11) is 0. The predicted molar refractivity (Wildman–Crippen MR) is 53.8 cm³/mol. The highest BCUT2D eigenvalue weighted by Crippen LogP contribution is 2.18. The first-order valence-electron chi connectivity index (χ1n) is 4.11. The van der Waals surface area contributed by atoms with E-state index in [0.717, 1.165) is 22.2 Å². The van der Waals surface area contributed by atoms with Gasteiger partial charge in [-0.3, -0.25) is 0 Å². The molecule has 0 saturated heterocycles. The summed E-state index contributed by atoms with van der Waals surface area (Å²) in [6, 6.07) is 7.84. The molecule has 0 saturated carbocycles. The summed E-state index contributed by atoms with van der Waals surface area (Å²) in [5.74, 6) is 0.489. The largest absolute Gasteiger partial charge is 0.392 e. The number of hydrogen-bond acceptors (Lipinski definition) is 1. The lowest BCUT2D eigenvalue weighted by atomic mass is 10.2. The van der Waals surface area contributed by atoms with E-state index < -0.39 is 0 Å². The second-order valence-corrected chi connectivity index (χ2v) is 3.28. The highest BCUT2D eigenvalue weighted by Gasteiger charge is 1.99. The molecule has 0 aliphatic carbocycles. The van der Waals surface area contributed by atoms with E-state index in [1.807, 2.05) is 24.3 Å². The summed E-state index contributed by atoms with van der Waals surface area (Å²) in [6.45, 7) is 0.0746. The molecule has 0 fully saturated rings. The van der Waals surface area contributed by atoms with Gasteiger partial charge in [-0.1, -0.05) is 12.1 Å². The molecule has 0 aliphatic heterocycles. The third kappa shape index (κ3) is 1.55. The standard InChI is InChI=1S/C10H10ClNO/c11-5-9-4-8-2-1-7(6-13)3-10(8)12-9/h1-4,12-13H,5-6H2. The fraction of sp³-hybridized carbons (Fsp3) is 0.200. The van der Waals surface area contributed by atoms with E-state index in [1.165, 1.54) is 0 Å². The van der Waals surface area contributed by atoms with Gasteiger partial charge in [-0.25, -0.2) is 0 Å². The monoisotopic (exact) mass is 195 g/mol. The maximum atomic E-state index is 8.92. The van der Waals surface area contributed by atoms with Crippen molar-refractivity contribution in [3.8, 4) is 0 Å². The Balaban J connectivity index is 2.57. The predicted octanol–water partition coefficient (Wildman–Crippen LogP) is 2.40. The molecule has 0 amide bonds. The van der Waals surface area contributed by atoms with E-state index in [1.54, 1.807) is 0 Å². The molecule has 0 aliphatic rings. The van der Waals surface area contributed by atoms with Gasteiger partial charge in [-0.05, 0) is 23.1 Å². The van der Waals surface area contributed by atoms with Crippen molar-refractivity contribution in [2.45, 2.75) is 12.5 Å². The molecule has 0 bridgehead atoms. The number of fused-ring (bicyclic) bond motifs is 1. The van der Waals surface area contributed by atoms with Crippen molar-refractivity contribution in [1.82, 2.24) is 4.98 Å². The number of aliphatic hydroxyl groups excluding tert-OH is 1. The normalized spacial score (nSPS) is 10.9. The van der Waals surface area contributed by atoms with Gasteiger partial charge in [0.2, 0.25) is 0 Å². The zero-order chi connectivity index (χ0) is 9.26. The van der Waals surface area contributed by atoms with Crippen molar-refractivity contribution in [3.63, 3.8) is 0 Å². The van der Waals surface area contributed by atoms with Crippen LogP contribution in [0.15, 0.2) is 24.3 Å². The van der Waals surface area contributed by atoms with Gasteiger partial charge in [0, 0.05) is 11.2 Å². The third-order valence-corrected chi connectivity index (χ3v) is 2.36. The second kappa shape index (κ2) is 3.40. The Morgan fingerprint density at radius 2 is 2.15 bits per heavy atom. The van der Waals surface area contributed by atoms with E-state index in [2.05, 4.69) is 4.98 Å². The van der Waals surface area contributed by atoms with Gasteiger partial charge >= 0.3 is 0 Å². The molecule has 0 radical (unpaired) electrons. The van der Waals surface area contributed by atoms with Gasteiger partial charge in [0.05, 0.1) is 12.5 Å². The third-order valence-electron chi connectivity index (χ3n) is 2.07. The number of nitrogens with one attached hydrogen (secondary N) is 1. The van der Waals surface area contributed by atoms with Crippen LogP contribution < -0.4 is 0 Å². The Morgan fingerprint density at radius 3 is 2.85 bits per heavy atom. The molecule has 2 nitrogen and oxygen atoms in total. The molecule has 1 heterocycles. The van der Waals surface area contributed by atoms with E-state index in [0.29, 0.717) is 5.88 Å². The Labute approximate surface area is 81.1 Å². The molecule has 0 atom stereocenters. The molecule has 68 valence electrons. The number of alkyl halides is 1. The van der Waals surface area contributed by atoms with Crippen LogP contribution in [-0.4, -0.2) is 10.1 Å². The van der Waals surface area contributed by atoms with Crippen molar-refractivity contribution in [3.05, 3.63) is 35.5 Å². The van der Waals surface area contributed by atoms with Crippen molar-refractivity contribution >= 4 is 22.5 Å². The summed E-state index contributed by atoms with van der Waals surface area (Å²) < 4.78 is 0. The lowest BCUT2D eigenvalue weighted by Gasteiger charge is -1.94. The van der Waals surface area contributed by atoms with Crippen molar-refractivity contribution in [2.24, 2.45) is 0 Å². The number of halogens is 1. The molecule has 1 aromatic heterocycles. The van der Waals surface area contributed by atoms with Gasteiger partial charge in [-0.15, -0.1) is 11.6 Å². The average Bonchev–Trinajstić information content (AvgIpc) is 2.58. The van der Waals surface area contributed by atoms with Crippen LogP contribution in [0, 0.1) is 0 Å². The topological polar surface area (TPSA) is 36.0 Å². The van der Waals surface area contributed by atoms with Gasteiger partial charge in [0.25, 0.3) is 0 Å². The van der Waals surface area contributed by atoms with Crippen LogP contribution in [0.25, 0.3) is 10.9 Å². The molecule has 2 N–H and O–H groups in total. The summed E-state index contributed by atoms with van der Waals surface area (Å²) in [6.07, 6.45) is 0. The average molecular weight is 196 g/mol. The molecule has 2 rings (SSSR count). The SMILES string of the molecule is OCc1ccc2cc(CCl)[nH]c2c1. The molecule has 13 heavy (non-hydrogen) atoms. The number of aliphatic hydroxyl groups is 1. The Morgan fingerprint density at radius 1 is 1.31 bits per heavy atom. The highest BCUT2D eigenvalue weighted by molar-refractivity contribution is 6.17. The summed E-state index contributed by atoms with van der Waals surface area (Å²) >= 11 is 5.69. The Hall–Kier alpha value is -0.990. The maximum Gasteiger partial charge on any atom is 0.0682 e. The summed E-state index contributed by atoms with van der Waals surface area (Å²) in [5, 5.41) is 10.1. The van der Waals surface area contributed by atoms with Crippen molar-refractivity contribution in [2.75, 3.05) is 0 Å². The van der Waals surface area contributed by atoms with E-state index in [4.69, 9.17) is 16.7 Å². The number of aromatic nitrogens is 1. The first kappa shape index (κ1) is 8.60. The van der Waals surface area contributed by atoms with Crippen LogP contribution in [0.4, 0.5) is 0 Å². The van der Waals surface area contributed by atoms with E-state index in [-0.39, 0.29) is 6.61 Å². The van der Waals surface area contributed by atoms with Crippen LogP contribution in [-0.2, 0) is 12.5 Å². The van der Waals surface area contributed by atoms with Crippen molar-refractivity contribution < 1.29 is 5.11 Å². The number of rotatable bonds is 2. The molecule has 1 aromatic carbocycles. The van der Waals surface area contributed by atoms with Crippen LogP contribution in [0.1, 0.15) is 11.3 Å². The van der Waals surface area contributed by atoms with E-state index in [9.17, 15) is 0 Å². The van der Waals surface area contributed by atoms with Gasteiger partial charge < -0.3 is 10.1 Å². The van der Waals surface area contributed by atoms with Gasteiger partial charge in [-0.2, -0.15) is 0 Å². The zero-order valence-corrected chi connectivity index (χ0v) is 7.80. The zero-order valence-electron chi connectivity index (χ0n) is 7.05. The van der Waals surface area contributed by atoms with Gasteiger partial charge in [0.15, 0.2) is 0 Å². The number of hydrogen-bond donors (Lipinski definition) is 2. The molecule has 2 aromatic rings. The second-order valence-electron chi connectivity index (χ2n) is 3.01. The maximum absolute atomic E-state index is 8.92. The minimum absolute atomic E-state index is 0.0746. The molecular weight excluding hydrogens is 186 g/mol. The molecular formula is C10H10ClNO. The van der Waals surface area contributed by atoms with Crippen molar-refractivity contribution in [1.29, 1.82) is 0 Å². The molecule has 0 spiro atoms. The van der Waals surface area contributed by atoms with Crippen LogP contribution >= 0.6 is 11.6 Å². The lowest BCUT2D eigenvalue weighted by molar-refractivity contribution is 0.282. The minimum atomic E-state index is 0.0746. The van der Waals surface area contributed by atoms with Gasteiger partial charge in [0.1, 0.15) is 0 Å². The molecule has 3 heteroatoms. The van der Waals surface area contributed by atoms with E-state index >= 15 is 0 Å². The first-order chi connectivity index (χ1) is 6.33. The minimum Gasteiger partial charge on any atom is -0.392 e. The fourth-order valence-corrected chi connectivity index (χ4v) is 1.55. The highest BCUT2D eigenvalue weighted by atomic mass is 35.5. The van der Waals surface area contributed by atoms with Crippen LogP contribution in [0.5, 0.6) is 0 Å². The smallest absolute Gasteiger partial charge is 0.0682 e. The molecule has 0 unspecified atom stereocenters. The van der Waals surface area contributed by atoms with Crippen LogP contribution in [0.2, 0.25) is 0 Å². The van der Waals surface area contributed by atoms with Crippen LogP contribution in [0.3, 0.4) is 0 Å². The number of aromatic amines is 1. The quantitative estimate of drug-likeness (QED) is 0.710. The number of H-pyrrole nitrogens is 1. The fourth-order valence-electron chi connectivity index (χ4n) is 1.40. The number of benzene rings is 1. The lowest BCUT2D eigenvalue weighted by Crippen LogP contribution is -1.81. The Kier molecular flexibility index (Phi) is 2.25.